The highest BCUT2D eigenvalue weighted by molar-refractivity contribution is 6.41. The second-order valence-corrected chi connectivity index (χ2v) is 10.7. The van der Waals surface area contributed by atoms with Crippen molar-refractivity contribution >= 4 is 66.7 Å². The van der Waals surface area contributed by atoms with Crippen LogP contribution in [0.2, 0.25) is 0 Å². The van der Waals surface area contributed by atoms with Crippen LogP contribution >= 0.6 is 0 Å². The maximum atomic E-state index is 13.7. The number of carbonyl (C=O) groups excluding carboxylic acids is 4. The predicted octanol–water partition coefficient (Wildman–Crippen LogP) is 5.68. The van der Waals surface area contributed by atoms with Gasteiger partial charge in [0, 0.05) is 52.7 Å². The molecule has 0 saturated carbocycles. The van der Waals surface area contributed by atoms with Crippen LogP contribution in [0, 0.1) is 0 Å². The molecule has 0 aliphatic carbocycles. The van der Waals surface area contributed by atoms with Gasteiger partial charge in [-0.05, 0) is 76.1 Å². The summed E-state index contributed by atoms with van der Waals surface area (Å²) in [6.07, 6.45) is 0.691. The number of imide groups is 2. The smallest absolute Gasteiger partial charge is 0.261 e. The van der Waals surface area contributed by atoms with Gasteiger partial charge < -0.3 is 4.90 Å². The Morgan fingerprint density at radius 3 is 1.18 bits per heavy atom. The van der Waals surface area contributed by atoms with Gasteiger partial charge >= 0.3 is 0 Å². The van der Waals surface area contributed by atoms with E-state index < -0.39 is 0 Å². The molecule has 0 radical (unpaired) electrons. The van der Waals surface area contributed by atoms with E-state index in [0.29, 0.717) is 59.1 Å². The van der Waals surface area contributed by atoms with Crippen molar-refractivity contribution in [1.29, 1.82) is 0 Å². The Morgan fingerprint density at radius 1 is 0.500 bits per heavy atom. The van der Waals surface area contributed by atoms with Crippen LogP contribution < -0.4 is 0 Å². The molecule has 0 atom stereocenters. The van der Waals surface area contributed by atoms with E-state index >= 15 is 0 Å². The third-order valence-corrected chi connectivity index (χ3v) is 8.79. The van der Waals surface area contributed by atoms with Gasteiger partial charge in [0.2, 0.25) is 0 Å². The first-order chi connectivity index (χ1) is 19.4. The predicted molar refractivity (Wildman–Crippen MR) is 156 cm³/mol. The number of hydrogen-bond acceptors (Lipinski definition) is 5. The summed E-state index contributed by atoms with van der Waals surface area (Å²) in [6, 6.07) is 15.1. The Kier molecular flexibility index (Phi) is 5.44. The maximum Gasteiger partial charge on any atom is 0.261 e. The lowest BCUT2D eigenvalue weighted by Gasteiger charge is -2.31. The van der Waals surface area contributed by atoms with Crippen LogP contribution in [0.25, 0.3) is 43.1 Å². The van der Waals surface area contributed by atoms with Crippen LogP contribution in [0.1, 0.15) is 68.6 Å². The summed E-state index contributed by atoms with van der Waals surface area (Å²) < 4.78 is 0. The molecule has 0 N–H and O–H groups in total. The molecular weight excluding hydrogens is 502 g/mol. The second kappa shape index (κ2) is 8.83. The van der Waals surface area contributed by atoms with Crippen LogP contribution in [-0.4, -0.2) is 71.1 Å². The first kappa shape index (κ1) is 24.7. The van der Waals surface area contributed by atoms with E-state index in [1.54, 1.807) is 0 Å². The molecule has 2 aliphatic heterocycles. The van der Waals surface area contributed by atoms with Crippen LogP contribution in [0.4, 0.5) is 0 Å². The Bertz CT molecular complexity index is 1820. The molecule has 0 unspecified atom stereocenters. The van der Waals surface area contributed by atoms with Gasteiger partial charge in [-0.25, -0.2) is 0 Å². The van der Waals surface area contributed by atoms with Crippen molar-refractivity contribution in [3.63, 3.8) is 0 Å². The number of fused-ring (bicyclic) bond motifs is 2. The highest BCUT2D eigenvalue weighted by Gasteiger charge is 2.36. The fraction of sp³-hybridized carbons (Fsp3) is 0.273. The zero-order valence-corrected chi connectivity index (χ0v) is 22.8. The summed E-state index contributed by atoms with van der Waals surface area (Å²) in [5, 5.41) is 6.73. The number of hydrogen-bond donors (Lipinski definition) is 0. The highest BCUT2D eigenvalue weighted by Crippen LogP contribution is 2.46. The van der Waals surface area contributed by atoms with Crippen molar-refractivity contribution in [3.05, 3.63) is 70.8 Å². The molecule has 0 spiro atoms. The molecule has 5 aromatic rings. The molecule has 0 aromatic heterocycles. The van der Waals surface area contributed by atoms with Crippen LogP contribution in [0.5, 0.6) is 0 Å². The first-order valence-corrected chi connectivity index (χ1v) is 14.1. The molecule has 7 rings (SSSR count). The van der Waals surface area contributed by atoms with Crippen molar-refractivity contribution in [2.24, 2.45) is 0 Å². The first-order valence-electron chi connectivity index (χ1n) is 14.1. The third kappa shape index (κ3) is 3.09. The fourth-order valence-corrected chi connectivity index (χ4v) is 6.78. The third-order valence-electron chi connectivity index (χ3n) is 8.79. The van der Waals surface area contributed by atoms with Gasteiger partial charge in [-0.2, -0.15) is 0 Å². The van der Waals surface area contributed by atoms with Crippen molar-refractivity contribution in [2.75, 3.05) is 32.7 Å². The maximum absolute atomic E-state index is 13.7. The molecule has 0 bridgehead atoms. The van der Waals surface area contributed by atoms with Gasteiger partial charge in [-0.3, -0.25) is 29.0 Å². The molecule has 0 saturated heterocycles. The molecule has 2 heterocycles. The summed E-state index contributed by atoms with van der Waals surface area (Å²) in [7, 11) is 0. The fourth-order valence-electron chi connectivity index (χ4n) is 6.78. The minimum absolute atomic E-state index is 0.264. The summed E-state index contributed by atoms with van der Waals surface area (Å²) in [6.45, 7) is 9.15. The van der Waals surface area contributed by atoms with E-state index in [1.807, 2.05) is 55.5 Å². The van der Waals surface area contributed by atoms with Gasteiger partial charge in [-0.15, -0.1) is 0 Å². The molecule has 200 valence electrons. The molecule has 4 amide bonds. The van der Waals surface area contributed by atoms with Crippen LogP contribution in [0.15, 0.2) is 48.5 Å². The lowest BCUT2D eigenvalue weighted by molar-refractivity contribution is 0.0585. The van der Waals surface area contributed by atoms with Gasteiger partial charge in [-0.1, -0.05) is 45.0 Å². The van der Waals surface area contributed by atoms with Crippen molar-refractivity contribution in [1.82, 2.24) is 14.7 Å². The lowest BCUT2D eigenvalue weighted by Crippen LogP contribution is -2.44. The molecule has 40 heavy (non-hydrogen) atoms. The average Bonchev–Trinajstić information content (AvgIpc) is 2.97. The van der Waals surface area contributed by atoms with Crippen molar-refractivity contribution < 1.29 is 19.2 Å². The number of likely N-dealkylation sites (N-methyl/N-ethyl adjacent to an activating group) is 1. The summed E-state index contributed by atoms with van der Waals surface area (Å²) in [4.78, 5) is 59.0. The Labute approximate surface area is 231 Å². The summed E-state index contributed by atoms with van der Waals surface area (Å²) in [5.41, 5.74) is 2.13. The van der Waals surface area contributed by atoms with Gasteiger partial charge in [0.05, 0.1) is 0 Å². The van der Waals surface area contributed by atoms with Gasteiger partial charge in [0.25, 0.3) is 23.6 Å². The van der Waals surface area contributed by atoms with E-state index in [2.05, 4.69) is 18.7 Å². The highest BCUT2D eigenvalue weighted by atomic mass is 16.2. The minimum Gasteiger partial charge on any atom is -0.302 e. The largest absolute Gasteiger partial charge is 0.302 e. The SMILES string of the molecule is CCCN1C(=O)c2ccc3c4ccc5c6c(ccc(c7ccc(c2c37)C1=O)c64)C(=O)N(CCN(CC)CC)C5=O. The molecule has 0 fully saturated rings. The molecule has 5 aromatic carbocycles. The zero-order chi connectivity index (χ0) is 27.9. The number of nitrogens with zero attached hydrogens (tertiary/aromatic N) is 3. The van der Waals surface area contributed by atoms with E-state index in [-0.39, 0.29) is 23.6 Å². The van der Waals surface area contributed by atoms with Gasteiger partial charge in [0.1, 0.15) is 0 Å². The standard InChI is InChI=1S/C33H29N3O4/c1-4-15-35-30(37)22-11-7-18-20-9-13-24-29-25(33(40)36(32(24)39)17-16-34(5-2)6-3)14-10-21(27(20)29)19-8-12-23(31(35)38)28(22)26(18)19/h7-14H,4-6,15-17H2,1-3H3. The summed E-state index contributed by atoms with van der Waals surface area (Å²) in [5.74, 6) is -1.06. The molecule has 2 aliphatic rings. The second-order valence-electron chi connectivity index (χ2n) is 10.7. The summed E-state index contributed by atoms with van der Waals surface area (Å²) >= 11 is 0. The number of benzene rings is 5. The molecular formula is C33H29N3O4. The number of carbonyl (C=O) groups is 4. The Balaban J connectivity index is 1.48. The molecule has 7 heteroatoms. The quantitative estimate of drug-likeness (QED) is 0.153. The minimum atomic E-state index is -0.267. The van der Waals surface area contributed by atoms with E-state index in [9.17, 15) is 19.2 Å². The number of rotatable bonds is 7. The zero-order valence-electron chi connectivity index (χ0n) is 22.8. The van der Waals surface area contributed by atoms with E-state index in [1.165, 1.54) is 9.80 Å². The van der Waals surface area contributed by atoms with E-state index in [0.717, 1.165) is 45.4 Å². The Hall–Kier alpha value is -4.36. The lowest BCUT2D eigenvalue weighted by atomic mass is 9.82. The van der Waals surface area contributed by atoms with Crippen molar-refractivity contribution in [2.45, 2.75) is 27.2 Å². The number of amides is 4. The average molecular weight is 532 g/mol. The van der Waals surface area contributed by atoms with Crippen molar-refractivity contribution in [3.8, 4) is 0 Å². The van der Waals surface area contributed by atoms with Crippen LogP contribution in [-0.2, 0) is 0 Å². The Morgan fingerprint density at radius 2 is 0.850 bits per heavy atom. The topological polar surface area (TPSA) is 78.0 Å². The monoisotopic (exact) mass is 531 g/mol. The van der Waals surface area contributed by atoms with Crippen LogP contribution in [0.3, 0.4) is 0 Å². The molecule has 7 nitrogen and oxygen atoms in total. The normalized spacial score (nSPS) is 15.3. The van der Waals surface area contributed by atoms with Gasteiger partial charge in [0.15, 0.2) is 0 Å². The van der Waals surface area contributed by atoms with E-state index in [4.69, 9.17) is 0 Å².